The summed E-state index contributed by atoms with van der Waals surface area (Å²) in [6.07, 6.45) is 1.77. The monoisotopic (exact) mass is 266 g/mol. The van der Waals surface area contributed by atoms with E-state index >= 15 is 0 Å². The summed E-state index contributed by atoms with van der Waals surface area (Å²) in [5.41, 5.74) is 0.620. The van der Waals surface area contributed by atoms with Crippen LogP contribution in [0, 0.1) is 12.7 Å². The number of hydrogen-bond donors (Lipinski definition) is 1. The van der Waals surface area contributed by atoms with E-state index in [9.17, 15) is 4.39 Å². The number of nitrogens with one attached hydrogen (secondary N) is 1. The fourth-order valence-electron chi connectivity index (χ4n) is 1.43. The lowest BCUT2D eigenvalue weighted by Crippen LogP contribution is -1.94. The van der Waals surface area contributed by atoms with E-state index in [2.05, 4.69) is 10.3 Å². The van der Waals surface area contributed by atoms with Crippen LogP contribution in [-0.4, -0.2) is 11.5 Å². The molecule has 0 saturated carbocycles. The van der Waals surface area contributed by atoms with E-state index in [-0.39, 0.29) is 5.82 Å². The van der Waals surface area contributed by atoms with Crippen LogP contribution in [0.2, 0.25) is 0 Å². The zero-order chi connectivity index (χ0) is 13.0. The Morgan fingerprint density at radius 3 is 3.00 bits per heavy atom. The van der Waals surface area contributed by atoms with Crippen LogP contribution in [0.1, 0.15) is 17.4 Å². The molecule has 0 saturated heterocycles. The predicted octanol–water partition coefficient (Wildman–Crippen LogP) is 3.60. The summed E-state index contributed by atoms with van der Waals surface area (Å²) in [5, 5.41) is 4.02. The van der Waals surface area contributed by atoms with Gasteiger partial charge < -0.3 is 10.1 Å². The van der Waals surface area contributed by atoms with Crippen molar-refractivity contribution in [1.29, 1.82) is 0 Å². The first kappa shape index (κ1) is 12.8. The van der Waals surface area contributed by atoms with Gasteiger partial charge in [0, 0.05) is 18.8 Å². The molecule has 1 heterocycles. The van der Waals surface area contributed by atoms with Gasteiger partial charge in [0.15, 0.2) is 5.13 Å². The highest BCUT2D eigenvalue weighted by atomic mass is 32.1. The lowest BCUT2D eigenvalue weighted by atomic mass is 10.2. The maximum absolute atomic E-state index is 13.3. The second-order valence-electron chi connectivity index (χ2n) is 3.86. The number of aryl methyl sites for hydroxylation is 1. The van der Waals surface area contributed by atoms with Gasteiger partial charge in [-0.15, -0.1) is 0 Å². The second-order valence-corrected chi connectivity index (χ2v) is 4.98. The summed E-state index contributed by atoms with van der Waals surface area (Å²) in [4.78, 5) is 5.21. The van der Waals surface area contributed by atoms with Crippen LogP contribution < -0.4 is 10.1 Å². The Labute approximate surface area is 110 Å². The van der Waals surface area contributed by atoms with Crippen LogP contribution in [0.3, 0.4) is 0 Å². The van der Waals surface area contributed by atoms with Crippen LogP contribution in [0.4, 0.5) is 9.52 Å². The van der Waals surface area contributed by atoms with E-state index in [1.54, 1.807) is 36.6 Å². The molecule has 5 heteroatoms. The highest BCUT2D eigenvalue weighted by Gasteiger charge is 2.04. The van der Waals surface area contributed by atoms with Gasteiger partial charge in [0.1, 0.15) is 18.2 Å². The average molecular weight is 266 g/mol. The van der Waals surface area contributed by atoms with Crippen molar-refractivity contribution in [3.8, 4) is 5.75 Å². The molecule has 0 radical (unpaired) electrons. The Bertz CT molecular complexity index is 527. The second kappa shape index (κ2) is 5.82. The summed E-state index contributed by atoms with van der Waals surface area (Å²) < 4.78 is 18.8. The lowest BCUT2D eigenvalue weighted by molar-refractivity contribution is 0.308. The first-order chi connectivity index (χ1) is 8.69. The summed E-state index contributed by atoms with van der Waals surface area (Å²) >= 11 is 1.54. The molecule has 0 aliphatic heterocycles. The van der Waals surface area contributed by atoms with Crippen molar-refractivity contribution in [2.45, 2.75) is 20.5 Å². The van der Waals surface area contributed by atoms with Gasteiger partial charge in [-0.25, -0.2) is 9.37 Å². The number of nitrogens with zero attached hydrogens (tertiary/aromatic N) is 1. The van der Waals surface area contributed by atoms with Gasteiger partial charge in [-0.1, -0.05) is 17.4 Å². The van der Waals surface area contributed by atoms with Crippen molar-refractivity contribution in [3.63, 3.8) is 0 Å². The molecule has 0 atom stereocenters. The molecule has 0 aliphatic rings. The molecule has 0 amide bonds. The molecule has 96 valence electrons. The Morgan fingerprint density at radius 2 is 2.28 bits per heavy atom. The maximum atomic E-state index is 13.3. The first-order valence-corrected chi connectivity index (χ1v) is 6.58. The molecular formula is C13H15FN2OS. The van der Waals surface area contributed by atoms with Crippen molar-refractivity contribution in [3.05, 3.63) is 40.7 Å². The fraction of sp³-hybridized carbons (Fsp3) is 0.308. The Hall–Kier alpha value is -1.62. The van der Waals surface area contributed by atoms with E-state index in [1.165, 1.54) is 6.07 Å². The maximum Gasteiger partial charge on any atom is 0.182 e. The third kappa shape index (κ3) is 3.20. The Kier molecular flexibility index (Phi) is 4.15. The zero-order valence-electron chi connectivity index (χ0n) is 10.4. The summed E-state index contributed by atoms with van der Waals surface area (Å²) in [6, 6.07) is 4.88. The minimum atomic E-state index is -0.245. The number of halogens is 1. The van der Waals surface area contributed by atoms with Crippen LogP contribution in [0.5, 0.6) is 5.75 Å². The van der Waals surface area contributed by atoms with Crippen LogP contribution in [-0.2, 0) is 6.61 Å². The summed E-state index contributed by atoms with van der Waals surface area (Å²) in [7, 11) is 0. The molecule has 0 unspecified atom stereocenters. The van der Waals surface area contributed by atoms with Crippen LogP contribution >= 0.6 is 11.3 Å². The van der Waals surface area contributed by atoms with Gasteiger partial charge in [-0.3, -0.25) is 0 Å². The van der Waals surface area contributed by atoms with Crippen molar-refractivity contribution >= 4 is 16.5 Å². The Balaban J connectivity index is 1.95. The van der Waals surface area contributed by atoms with Crippen molar-refractivity contribution in [2.75, 3.05) is 11.9 Å². The predicted molar refractivity (Wildman–Crippen MR) is 71.7 cm³/mol. The van der Waals surface area contributed by atoms with Gasteiger partial charge in [-0.2, -0.15) is 0 Å². The summed E-state index contributed by atoms with van der Waals surface area (Å²) in [6.45, 7) is 5.00. The van der Waals surface area contributed by atoms with Crippen molar-refractivity contribution in [1.82, 2.24) is 4.98 Å². The fourth-order valence-corrected chi connectivity index (χ4v) is 2.22. The van der Waals surface area contributed by atoms with E-state index in [4.69, 9.17) is 4.74 Å². The molecule has 0 spiro atoms. The van der Waals surface area contributed by atoms with E-state index < -0.39 is 0 Å². The van der Waals surface area contributed by atoms with Gasteiger partial charge in [0.05, 0.1) is 4.88 Å². The Morgan fingerprint density at radius 1 is 1.44 bits per heavy atom. The van der Waals surface area contributed by atoms with Gasteiger partial charge in [0.25, 0.3) is 0 Å². The van der Waals surface area contributed by atoms with Crippen LogP contribution in [0.15, 0.2) is 24.4 Å². The molecule has 0 fully saturated rings. The largest absolute Gasteiger partial charge is 0.488 e. The third-order valence-electron chi connectivity index (χ3n) is 2.41. The number of benzene rings is 1. The minimum Gasteiger partial charge on any atom is -0.488 e. The standard InChI is InChI=1S/C13H15FN2OS/c1-3-15-13-16-7-11(18-13)8-17-10-5-4-9(2)12(14)6-10/h4-7H,3,8H2,1-2H3,(H,15,16). The summed E-state index contributed by atoms with van der Waals surface area (Å²) in [5.74, 6) is 0.293. The number of thiazole rings is 1. The molecule has 1 N–H and O–H groups in total. The molecule has 1 aromatic heterocycles. The highest BCUT2D eigenvalue weighted by molar-refractivity contribution is 7.15. The van der Waals surface area contributed by atoms with Gasteiger partial charge in [0.2, 0.25) is 0 Å². The molecule has 2 rings (SSSR count). The molecule has 0 aliphatic carbocycles. The normalized spacial score (nSPS) is 10.4. The smallest absolute Gasteiger partial charge is 0.182 e. The van der Waals surface area contributed by atoms with Crippen LogP contribution in [0.25, 0.3) is 0 Å². The van der Waals surface area contributed by atoms with Gasteiger partial charge >= 0.3 is 0 Å². The van der Waals surface area contributed by atoms with E-state index in [0.717, 1.165) is 16.6 Å². The van der Waals surface area contributed by atoms with E-state index in [0.29, 0.717) is 17.9 Å². The number of aromatic nitrogens is 1. The topological polar surface area (TPSA) is 34.2 Å². The molecule has 1 aromatic carbocycles. The van der Waals surface area contributed by atoms with Crippen molar-refractivity contribution in [2.24, 2.45) is 0 Å². The third-order valence-corrected chi connectivity index (χ3v) is 3.33. The molecule has 18 heavy (non-hydrogen) atoms. The average Bonchev–Trinajstić information content (AvgIpc) is 2.79. The van der Waals surface area contributed by atoms with Gasteiger partial charge in [-0.05, 0) is 25.5 Å². The number of rotatable bonds is 5. The number of ether oxygens (including phenoxy) is 1. The zero-order valence-corrected chi connectivity index (χ0v) is 11.2. The highest BCUT2D eigenvalue weighted by Crippen LogP contribution is 2.21. The van der Waals surface area contributed by atoms with Crippen molar-refractivity contribution < 1.29 is 9.13 Å². The SMILES string of the molecule is CCNc1ncc(COc2ccc(C)c(F)c2)s1. The molecular weight excluding hydrogens is 251 g/mol. The minimum absolute atomic E-state index is 0.245. The van der Waals surface area contributed by atoms with E-state index in [1.807, 2.05) is 6.92 Å². The molecule has 0 bridgehead atoms. The molecule has 3 nitrogen and oxygen atoms in total. The number of hydrogen-bond acceptors (Lipinski definition) is 4. The number of anilines is 1. The first-order valence-electron chi connectivity index (χ1n) is 5.76. The quantitative estimate of drug-likeness (QED) is 0.897. The lowest BCUT2D eigenvalue weighted by Gasteiger charge is -2.05. The molecule has 2 aromatic rings.